The van der Waals surface area contributed by atoms with Crippen molar-refractivity contribution in [2.24, 2.45) is 13.0 Å². The number of hydrogen-bond donors (Lipinski definition) is 0. The Balaban J connectivity index is 1.41. The van der Waals surface area contributed by atoms with Crippen LogP contribution in [0.25, 0.3) is 0 Å². The van der Waals surface area contributed by atoms with Crippen molar-refractivity contribution in [3.05, 3.63) is 12.4 Å². The van der Waals surface area contributed by atoms with Crippen molar-refractivity contribution in [3.8, 4) is 6.01 Å². The Morgan fingerprint density at radius 3 is 2.55 bits per heavy atom. The molecule has 2 heterocycles. The molecule has 2 aliphatic rings. The SMILES string of the molecule is Cn1ccnc1OCC1CCN(C2CCCCC2)CC1. The van der Waals surface area contributed by atoms with Gasteiger partial charge in [-0.25, -0.2) is 4.98 Å². The van der Waals surface area contributed by atoms with E-state index in [1.54, 1.807) is 6.20 Å². The fourth-order valence-corrected chi connectivity index (χ4v) is 3.61. The molecule has 4 nitrogen and oxygen atoms in total. The number of rotatable bonds is 4. The molecule has 0 N–H and O–H groups in total. The first-order chi connectivity index (χ1) is 9.83. The quantitative estimate of drug-likeness (QED) is 0.848. The van der Waals surface area contributed by atoms with Gasteiger partial charge in [-0.2, -0.15) is 0 Å². The van der Waals surface area contributed by atoms with Gasteiger partial charge in [0, 0.05) is 25.5 Å². The van der Waals surface area contributed by atoms with Crippen LogP contribution < -0.4 is 4.74 Å². The minimum absolute atomic E-state index is 0.701. The maximum atomic E-state index is 5.83. The summed E-state index contributed by atoms with van der Waals surface area (Å²) in [5.41, 5.74) is 0. The monoisotopic (exact) mass is 277 g/mol. The van der Waals surface area contributed by atoms with E-state index in [2.05, 4.69) is 9.88 Å². The second-order valence-corrected chi connectivity index (χ2v) is 6.40. The topological polar surface area (TPSA) is 30.3 Å². The van der Waals surface area contributed by atoms with E-state index in [1.807, 2.05) is 17.8 Å². The van der Waals surface area contributed by atoms with Crippen molar-refractivity contribution < 1.29 is 4.74 Å². The van der Waals surface area contributed by atoms with Crippen molar-refractivity contribution in [3.63, 3.8) is 0 Å². The number of hydrogen-bond acceptors (Lipinski definition) is 3. The van der Waals surface area contributed by atoms with E-state index in [-0.39, 0.29) is 0 Å². The molecule has 0 atom stereocenters. The summed E-state index contributed by atoms with van der Waals surface area (Å²) in [5, 5.41) is 0. The van der Waals surface area contributed by atoms with E-state index in [9.17, 15) is 0 Å². The van der Waals surface area contributed by atoms with Crippen LogP contribution in [0.3, 0.4) is 0 Å². The van der Waals surface area contributed by atoms with Gasteiger partial charge in [-0.05, 0) is 44.7 Å². The van der Waals surface area contributed by atoms with Crippen LogP contribution in [0.15, 0.2) is 12.4 Å². The maximum Gasteiger partial charge on any atom is 0.295 e. The first-order valence-corrected chi connectivity index (χ1v) is 8.17. The second kappa shape index (κ2) is 6.61. The van der Waals surface area contributed by atoms with Gasteiger partial charge in [-0.15, -0.1) is 0 Å². The van der Waals surface area contributed by atoms with Gasteiger partial charge in [0.2, 0.25) is 0 Å². The van der Waals surface area contributed by atoms with Crippen molar-refractivity contribution in [1.82, 2.24) is 14.5 Å². The zero-order valence-corrected chi connectivity index (χ0v) is 12.6. The molecule has 1 aromatic rings. The lowest BCUT2D eigenvalue weighted by Gasteiger charge is -2.39. The molecule has 0 radical (unpaired) electrons. The fraction of sp³-hybridized carbons (Fsp3) is 0.812. The molecule has 0 spiro atoms. The molecular weight excluding hydrogens is 250 g/mol. The summed E-state index contributed by atoms with van der Waals surface area (Å²) in [7, 11) is 1.98. The van der Waals surface area contributed by atoms with Crippen LogP contribution in [-0.2, 0) is 7.05 Å². The summed E-state index contributed by atoms with van der Waals surface area (Å²) < 4.78 is 7.77. The van der Waals surface area contributed by atoms with E-state index in [0.717, 1.165) is 18.7 Å². The second-order valence-electron chi connectivity index (χ2n) is 6.40. The molecule has 1 aliphatic carbocycles. The Morgan fingerprint density at radius 1 is 1.15 bits per heavy atom. The van der Waals surface area contributed by atoms with Crippen LogP contribution in [-0.4, -0.2) is 40.2 Å². The maximum absolute atomic E-state index is 5.83. The minimum Gasteiger partial charge on any atom is -0.464 e. The molecule has 1 saturated heterocycles. The van der Waals surface area contributed by atoms with Crippen LogP contribution in [0.5, 0.6) is 6.01 Å². The molecule has 0 bridgehead atoms. The van der Waals surface area contributed by atoms with Crippen LogP contribution in [0.2, 0.25) is 0 Å². The lowest BCUT2D eigenvalue weighted by Crippen LogP contribution is -2.43. The highest BCUT2D eigenvalue weighted by atomic mass is 16.5. The van der Waals surface area contributed by atoms with E-state index in [1.165, 1.54) is 58.0 Å². The van der Waals surface area contributed by atoms with E-state index < -0.39 is 0 Å². The Labute approximate surface area is 122 Å². The average molecular weight is 277 g/mol. The molecule has 112 valence electrons. The van der Waals surface area contributed by atoms with Gasteiger partial charge in [0.15, 0.2) is 0 Å². The number of aromatic nitrogens is 2. The first kappa shape index (κ1) is 13.9. The van der Waals surface area contributed by atoms with Gasteiger partial charge in [0.1, 0.15) is 0 Å². The third kappa shape index (κ3) is 3.35. The molecular formula is C16H27N3O. The van der Waals surface area contributed by atoms with Crippen LogP contribution in [0.1, 0.15) is 44.9 Å². The summed E-state index contributed by atoms with van der Waals surface area (Å²) in [6.45, 7) is 3.35. The summed E-state index contributed by atoms with van der Waals surface area (Å²) in [6.07, 6.45) is 13.5. The summed E-state index contributed by atoms with van der Waals surface area (Å²) >= 11 is 0. The molecule has 0 amide bonds. The average Bonchev–Trinajstić information content (AvgIpc) is 2.92. The molecule has 3 rings (SSSR count). The van der Waals surface area contributed by atoms with Gasteiger partial charge in [-0.3, -0.25) is 0 Å². The van der Waals surface area contributed by atoms with Gasteiger partial charge in [0.05, 0.1) is 6.61 Å². The zero-order chi connectivity index (χ0) is 13.8. The van der Waals surface area contributed by atoms with Gasteiger partial charge in [0.25, 0.3) is 6.01 Å². The first-order valence-electron chi connectivity index (χ1n) is 8.17. The largest absolute Gasteiger partial charge is 0.464 e. The summed E-state index contributed by atoms with van der Waals surface area (Å²) in [4.78, 5) is 6.95. The van der Waals surface area contributed by atoms with Crippen LogP contribution in [0, 0.1) is 5.92 Å². The highest BCUT2D eigenvalue weighted by Gasteiger charge is 2.26. The van der Waals surface area contributed by atoms with Crippen LogP contribution in [0.4, 0.5) is 0 Å². The Kier molecular flexibility index (Phi) is 4.61. The van der Waals surface area contributed by atoms with Gasteiger partial charge >= 0.3 is 0 Å². The molecule has 4 heteroatoms. The predicted octanol–water partition coefficient (Wildman–Crippen LogP) is 2.84. The smallest absolute Gasteiger partial charge is 0.295 e. The number of ether oxygens (including phenoxy) is 1. The van der Waals surface area contributed by atoms with E-state index >= 15 is 0 Å². The molecule has 1 aliphatic heterocycles. The van der Waals surface area contributed by atoms with Crippen molar-refractivity contribution in [2.75, 3.05) is 19.7 Å². The standard InChI is InChI=1S/C16H27N3O/c1-18-12-9-17-16(18)20-13-14-7-10-19(11-8-14)15-5-3-2-4-6-15/h9,12,14-15H,2-8,10-11,13H2,1H3. The minimum atomic E-state index is 0.701. The normalized spacial score (nSPS) is 23.1. The number of aryl methyl sites for hydroxylation is 1. The van der Waals surface area contributed by atoms with Crippen molar-refractivity contribution in [2.45, 2.75) is 51.0 Å². The Bertz CT molecular complexity index is 404. The highest BCUT2D eigenvalue weighted by Crippen LogP contribution is 2.27. The molecule has 0 unspecified atom stereocenters. The lowest BCUT2D eigenvalue weighted by molar-refractivity contribution is 0.0861. The fourth-order valence-electron chi connectivity index (χ4n) is 3.61. The van der Waals surface area contributed by atoms with Crippen molar-refractivity contribution in [1.29, 1.82) is 0 Å². The number of likely N-dealkylation sites (tertiary alicyclic amines) is 1. The summed E-state index contributed by atoms with van der Waals surface area (Å²) in [5.74, 6) is 0.701. The molecule has 1 aromatic heterocycles. The molecule has 2 fully saturated rings. The van der Waals surface area contributed by atoms with Gasteiger partial charge < -0.3 is 14.2 Å². The third-order valence-corrected chi connectivity index (χ3v) is 4.97. The number of imidazole rings is 1. The van der Waals surface area contributed by atoms with Crippen molar-refractivity contribution >= 4 is 0 Å². The lowest BCUT2D eigenvalue weighted by atomic mass is 9.90. The Morgan fingerprint density at radius 2 is 1.90 bits per heavy atom. The third-order valence-electron chi connectivity index (χ3n) is 4.97. The van der Waals surface area contributed by atoms with Crippen LogP contribution >= 0.6 is 0 Å². The highest BCUT2D eigenvalue weighted by molar-refractivity contribution is 4.97. The predicted molar refractivity (Wildman–Crippen MR) is 79.9 cm³/mol. The number of piperidine rings is 1. The van der Waals surface area contributed by atoms with E-state index in [4.69, 9.17) is 4.74 Å². The molecule has 1 saturated carbocycles. The Hall–Kier alpha value is -1.03. The number of nitrogens with zero attached hydrogens (tertiary/aromatic N) is 3. The summed E-state index contributed by atoms with van der Waals surface area (Å²) in [6, 6.07) is 1.62. The molecule has 20 heavy (non-hydrogen) atoms. The van der Waals surface area contributed by atoms with E-state index in [0.29, 0.717) is 5.92 Å². The molecule has 0 aromatic carbocycles. The zero-order valence-electron chi connectivity index (χ0n) is 12.6. The van der Waals surface area contributed by atoms with Gasteiger partial charge in [-0.1, -0.05) is 19.3 Å².